The van der Waals surface area contributed by atoms with E-state index in [9.17, 15) is 13.5 Å². The number of nitrogens with one attached hydrogen (secondary N) is 3. The summed E-state index contributed by atoms with van der Waals surface area (Å²) < 4.78 is 30.9. The van der Waals surface area contributed by atoms with Crippen molar-refractivity contribution in [1.82, 2.24) is 15.4 Å². The fourth-order valence-electron chi connectivity index (χ4n) is 2.67. The zero-order chi connectivity index (χ0) is 20.2. The number of halogens is 1. The highest BCUT2D eigenvalue weighted by atomic mass is 127. The van der Waals surface area contributed by atoms with Gasteiger partial charge in [-0.3, -0.25) is 4.99 Å². The summed E-state index contributed by atoms with van der Waals surface area (Å²) in [6.07, 6.45) is 1.12. The number of hydrogen-bond donors (Lipinski definition) is 4. The first-order valence-corrected chi connectivity index (χ1v) is 10.5. The van der Waals surface area contributed by atoms with E-state index in [1.807, 2.05) is 26.8 Å². The van der Waals surface area contributed by atoms with Crippen LogP contribution in [0.4, 0.5) is 0 Å². The molecule has 0 aromatic carbocycles. The Labute approximate surface area is 179 Å². The van der Waals surface area contributed by atoms with Crippen molar-refractivity contribution in [1.29, 1.82) is 0 Å². The normalized spacial score (nSPS) is 15.0. The van der Waals surface area contributed by atoms with Crippen LogP contribution in [-0.4, -0.2) is 50.9 Å². The largest absolute Gasteiger partial charge is 0.466 e. The van der Waals surface area contributed by atoms with E-state index in [4.69, 9.17) is 4.42 Å². The smallest absolute Gasteiger partial charge is 0.209 e. The predicted molar refractivity (Wildman–Crippen MR) is 119 cm³/mol. The van der Waals surface area contributed by atoms with Crippen LogP contribution in [0.25, 0.3) is 0 Å². The lowest BCUT2D eigenvalue weighted by Crippen LogP contribution is -2.48. The summed E-state index contributed by atoms with van der Waals surface area (Å²) in [5.74, 6) is 1.91. The molecule has 0 aliphatic heterocycles. The lowest BCUT2D eigenvalue weighted by Gasteiger charge is -2.26. The molecule has 0 saturated heterocycles. The van der Waals surface area contributed by atoms with Crippen molar-refractivity contribution in [3.63, 3.8) is 0 Å². The van der Waals surface area contributed by atoms with Gasteiger partial charge in [0.05, 0.1) is 19.3 Å². The maximum atomic E-state index is 11.4. The van der Waals surface area contributed by atoms with Crippen LogP contribution in [0.3, 0.4) is 0 Å². The highest BCUT2D eigenvalue weighted by molar-refractivity contribution is 14.0. The van der Waals surface area contributed by atoms with Crippen molar-refractivity contribution in [3.8, 4) is 0 Å². The Kier molecular flexibility index (Phi) is 9.76. The van der Waals surface area contributed by atoms with Gasteiger partial charge in [-0.15, -0.1) is 24.0 Å². The van der Waals surface area contributed by atoms with Gasteiger partial charge in [0.15, 0.2) is 5.96 Å². The molecule has 1 heterocycles. The Morgan fingerprint density at radius 1 is 1.26 bits per heavy atom. The first-order chi connectivity index (χ1) is 11.8. The molecule has 0 radical (unpaired) electrons. The molecule has 1 atom stereocenters. The SMILES string of the molecule is CCNC(=NCC(C)(C)NS(C)(=O)=O)NCC(C)(O)c1cc(C)oc1C.I. The van der Waals surface area contributed by atoms with Crippen LogP contribution in [0.1, 0.15) is 44.8 Å². The number of rotatable bonds is 8. The molecule has 4 N–H and O–H groups in total. The lowest BCUT2D eigenvalue weighted by atomic mass is 9.96. The molecule has 0 aliphatic carbocycles. The van der Waals surface area contributed by atoms with Gasteiger partial charge < -0.3 is 20.2 Å². The molecule has 0 spiro atoms. The standard InChI is InChI=1S/C17H32N4O4S.HI/c1-8-18-15(19-10-16(4,5)21-26(7,23)24)20-11-17(6,22)14-9-12(2)25-13(14)3;/h9,21-22H,8,10-11H2,1-7H3,(H2,18,19,20);1H. The number of aryl methyl sites for hydroxylation is 2. The molecule has 0 fully saturated rings. The average Bonchev–Trinajstić information content (AvgIpc) is 2.79. The second kappa shape index (κ2) is 10.1. The third-order valence-corrected chi connectivity index (χ3v) is 4.58. The predicted octanol–water partition coefficient (Wildman–Crippen LogP) is 1.60. The highest BCUT2D eigenvalue weighted by Gasteiger charge is 2.28. The second-order valence-corrected chi connectivity index (χ2v) is 9.16. The van der Waals surface area contributed by atoms with Crippen LogP contribution in [-0.2, 0) is 15.6 Å². The third-order valence-electron chi connectivity index (χ3n) is 3.66. The van der Waals surface area contributed by atoms with Crippen LogP contribution in [0.15, 0.2) is 15.5 Å². The summed E-state index contributed by atoms with van der Waals surface area (Å²) in [4.78, 5) is 4.43. The van der Waals surface area contributed by atoms with Crippen molar-refractivity contribution >= 4 is 40.0 Å². The molecule has 1 rings (SSSR count). The van der Waals surface area contributed by atoms with E-state index in [1.54, 1.807) is 20.8 Å². The molecule has 0 bridgehead atoms. The summed E-state index contributed by atoms with van der Waals surface area (Å²) >= 11 is 0. The molecule has 27 heavy (non-hydrogen) atoms. The van der Waals surface area contributed by atoms with Crippen molar-refractivity contribution in [2.45, 2.75) is 52.7 Å². The Hall–Kier alpha value is -0.850. The monoisotopic (exact) mass is 516 g/mol. The molecule has 0 amide bonds. The highest BCUT2D eigenvalue weighted by Crippen LogP contribution is 2.26. The van der Waals surface area contributed by atoms with Crippen molar-refractivity contribution in [2.75, 3.05) is 25.9 Å². The molecule has 0 aliphatic rings. The van der Waals surface area contributed by atoms with E-state index in [1.165, 1.54) is 0 Å². The minimum atomic E-state index is -3.33. The van der Waals surface area contributed by atoms with E-state index >= 15 is 0 Å². The number of hydrogen-bond acceptors (Lipinski definition) is 5. The summed E-state index contributed by atoms with van der Waals surface area (Å²) in [6.45, 7) is 11.9. The van der Waals surface area contributed by atoms with Crippen LogP contribution in [0, 0.1) is 13.8 Å². The molecule has 0 saturated carbocycles. The van der Waals surface area contributed by atoms with E-state index in [2.05, 4.69) is 20.3 Å². The number of sulfonamides is 1. The Balaban J connectivity index is 0.00000676. The van der Waals surface area contributed by atoms with Gasteiger partial charge in [0.2, 0.25) is 10.0 Å². The summed E-state index contributed by atoms with van der Waals surface area (Å²) in [5.41, 5.74) is -1.15. The van der Waals surface area contributed by atoms with Crippen LogP contribution in [0.5, 0.6) is 0 Å². The second-order valence-electron chi connectivity index (χ2n) is 7.41. The maximum Gasteiger partial charge on any atom is 0.209 e. The lowest BCUT2D eigenvalue weighted by molar-refractivity contribution is 0.0601. The zero-order valence-electron chi connectivity index (χ0n) is 17.1. The van der Waals surface area contributed by atoms with E-state index in [-0.39, 0.29) is 37.1 Å². The molecular weight excluding hydrogens is 483 g/mol. The Morgan fingerprint density at radius 2 is 1.85 bits per heavy atom. The Bertz CT molecular complexity index is 742. The third kappa shape index (κ3) is 9.26. The summed E-state index contributed by atoms with van der Waals surface area (Å²) in [7, 11) is -3.33. The zero-order valence-corrected chi connectivity index (χ0v) is 20.3. The fraction of sp³-hybridized carbons (Fsp3) is 0.706. The number of guanidine groups is 1. The Morgan fingerprint density at radius 3 is 2.30 bits per heavy atom. The van der Waals surface area contributed by atoms with Crippen LogP contribution >= 0.6 is 24.0 Å². The van der Waals surface area contributed by atoms with Crippen LogP contribution in [0.2, 0.25) is 0 Å². The van der Waals surface area contributed by atoms with E-state index < -0.39 is 21.2 Å². The van der Waals surface area contributed by atoms with Crippen LogP contribution < -0.4 is 15.4 Å². The molecule has 1 aromatic rings. The topological polar surface area (TPSA) is 116 Å². The van der Waals surface area contributed by atoms with E-state index in [0.29, 0.717) is 18.3 Å². The van der Waals surface area contributed by atoms with Gasteiger partial charge in [-0.1, -0.05) is 0 Å². The van der Waals surface area contributed by atoms with Crippen molar-refractivity contribution < 1.29 is 17.9 Å². The molecular formula is C17H33IN4O4S. The molecule has 8 nitrogen and oxygen atoms in total. The van der Waals surface area contributed by atoms with E-state index in [0.717, 1.165) is 17.6 Å². The van der Waals surface area contributed by atoms with Gasteiger partial charge in [0.25, 0.3) is 0 Å². The van der Waals surface area contributed by atoms with Gasteiger partial charge in [-0.05, 0) is 47.6 Å². The number of aliphatic imine (C=N–C) groups is 1. The quantitative estimate of drug-likeness (QED) is 0.237. The molecule has 1 unspecified atom stereocenters. The van der Waals surface area contributed by atoms with Crippen molar-refractivity contribution in [2.24, 2.45) is 4.99 Å². The van der Waals surface area contributed by atoms with Gasteiger partial charge in [0, 0.05) is 17.6 Å². The minimum Gasteiger partial charge on any atom is -0.466 e. The summed E-state index contributed by atoms with van der Waals surface area (Å²) in [6, 6.07) is 1.82. The first kappa shape index (κ1) is 26.1. The van der Waals surface area contributed by atoms with Gasteiger partial charge in [0.1, 0.15) is 17.1 Å². The number of furan rings is 1. The minimum absolute atomic E-state index is 0. The average molecular weight is 516 g/mol. The van der Waals surface area contributed by atoms with Gasteiger partial charge in [-0.2, -0.15) is 0 Å². The molecule has 10 heteroatoms. The first-order valence-electron chi connectivity index (χ1n) is 8.57. The maximum absolute atomic E-state index is 11.4. The van der Waals surface area contributed by atoms with Crippen molar-refractivity contribution in [3.05, 3.63) is 23.2 Å². The summed E-state index contributed by atoms with van der Waals surface area (Å²) in [5, 5.41) is 17.0. The molecule has 1 aromatic heterocycles. The fourth-order valence-corrected chi connectivity index (χ4v) is 3.74. The van der Waals surface area contributed by atoms with Gasteiger partial charge in [-0.25, -0.2) is 13.1 Å². The number of aliphatic hydroxyl groups is 1. The number of nitrogens with zero attached hydrogens (tertiary/aromatic N) is 1. The van der Waals surface area contributed by atoms with Gasteiger partial charge >= 0.3 is 0 Å². The molecule has 158 valence electrons.